The van der Waals surface area contributed by atoms with Crippen LogP contribution in [0.5, 0.6) is 5.75 Å². The number of methoxy groups -OCH3 is 1. The minimum atomic E-state index is -0.549. The summed E-state index contributed by atoms with van der Waals surface area (Å²) in [5.41, 5.74) is 0.195. The fraction of sp³-hybridized carbons (Fsp3) is 0.364. The molecule has 0 unspecified atom stereocenters. The zero-order valence-electron chi connectivity index (χ0n) is 9.73. The van der Waals surface area contributed by atoms with E-state index in [4.69, 9.17) is 4.74 Å². The van der Waals surface area contributed by atoms with Gasteiger partial charge in [-0.25, -0.2) is 0 Å². The maximum absolute atomic E-state index is 11.6. The fourth-order valence-corrected chi connectivity index (χ4v) is 1.31. The molecule has 0 aromatic heterocycles. The lowest BCUT2D eigenvalue weighted by atomic mass is 10.1. The molecular weight excluding hydrogens is 224 g/mol. The predicted molar refractivity (Wildman–Crippen MR) is 62.3 cm³/mol. The summed E-state index contributed by atoms with van der Waals surface area (Å²) in [6.07, 6.45) is 0.829. The summed E-state index contributed by atoms with van der Waals surface area (Å²) in [5, 5.41) is 13.3. The molecule has 0 saturated carbocycles. The zero-order valence-corrected chi connectivity index (χ0v) is 9.73. The van der Waals surface area contributed by atoms with Crippen LogP contribution in [0.2, 0.25) is 0 Å². The molecule has 1 aromatic carbocycles. The largest absolute Gasteiger partial charge is 0.490 e. The summed E-state index contributed by atoms with van der Waals surface area (Å²) in [7, 11) is 1.33. The van der Waals surface area contributed by atoms with E-state index >= 15 is 0 Å². The molecule has 0 fully saturated rings. The number of carbonyl (C=O) groups is 1. The van der Waals surface area contributed by atoms with Crippen LogP contribution >= 0.6 is 0 Å². The number of nitro benzene ring substituents is 1. The van der Waals surface area contributed by atoms with Gasteiger partial charge in [-0.2, -0.15) is 0 Å². The Morgan fingerprint density at radius 2 is 2.24 bits per heavy atom. The monoisotopic (exact) mass is 238 g/mol. The summed E-state index contributed by atoms with van der Waals surface area (Å²) < 4.78 is 4.88. The maximum atomic E-state index is 11.6. The Balaban J connectivity index is 2.97. The van der Waals surface area contributed by atoms with Gasteiger partial charge in [-0.15, -0.1) is 0 Å². The van der Waals surface area contributed by atoms with E-state index in [9.17, 15) is 14.9 Å². The van der Waals surface area contributed by atoms with E-state index in [1.165, 1.54) is 25.3 Å². The molecule has 0 spiro atoms. The van der Waals surface area contributed by atoms with Gasteiger partial charge in [-0.05, 0) is 12.5 Å². The molecule has 0 aliphatic rings. The van der Waals surface area contributed by atoms with Crippen molar-refractivity contribution in [3.63, 3.8) is 0 Å². The molecule has 0 atom stereocenters. The second kappa shape index (κ2) is 5.83. The molecule has 1 aromatic rings. The smallest absolute Gasteiger partial charge is 0.310 e. The minimum absolute atomic E-state index is 0.0825. The van der Waals surface area contributed by atoms with Crippen molar-refractivity contribution in [2.24, 2.45) is 0 Å². The average molecular weight is 238 g/mol. The van der Waals surface area contributed by atoms with Crippen molar-refractivity contribution in [3.05, 3.63) is 33.9 Å². The van der Waals surface area contributed by atoms with Crippen molar-refractivity contribution in [3.8, 4) is 5.75 Å². The summed E-state index contributed by atoms with van der Waals surface area (Å²) in [4.78, 5) is 21.7. The SMILES string of the molecule is CCCNC(=O)c1ccc([N+](=O)[O-])c(OC)c1. The highest BCUT2D eigenvalue weighted by atomic mass is 16.6. The Morgan fingerprint density at radius 3 is 2.76 bits per heavy atom. The molecule has 0 saturated heterocycles. The van der Waals surface area contributed by atoms with Crippen LogP contribution in [-0.4, -0.2) is 24.5 Å². The number of carbonyl (C=O) groups excluding carboxylic acids is 1. The third-order valence-corrected chi connectivity index (χ3v) is 2.17. The molecule has 6 heteroatoms. The van der Waals surface area contributed by atoms with Crippen LogP contribution < -0.4 is 10.1 Å². The number of nitrogens with zero attached hydrogens (tertiary/aromatic N) is 1. The number of hydrogen-bond donors (Lipinski definition) is 1. The molecule has 0 heterocycles. The first-order valence-electron chi connectivity index (χ1n) is 5.20. The molecular formula is C11H14N2O4. The molecule has 6 nitrogen and oxygen atoms in total. The number of hydrogen-bond acceptors (Lipinski definition) is 4. The van der Waals surface area contributed by atoms with Crippen LogP contribution in [0.15, 0.2) is 18.2 Å². The summed E-state index contributed by atoms with van der Waals surface area (Å²) in [6, 6.07) is 4.04. The van der Waals surface area contributed by atoms with Gasteiger partial charge in [-0.1, -0.05) is 6.92 Å². The third kappa shape index (κ3) is 3.17. The van der Waals surface area contributed by atoms with Gasteiger partial charge in [0.25, 0.3) is 5.91 Å². The van der Waals surface area contributed by atoms with Crippen molar-refractivity contribution in [2.75, 3.05) is 13.7 Å². The molecule has 17 heavy (non-hydrogen) atoms. The topological polar surface area (TPSA) is 81.5 Å². The van der Waals surface area contributed by atoms with Crippen LogP contribution in [0.3, 0.4) is 0 Å². The van der Waals surface area contributed by atoms with Gasteiger partial charge < -0.3 is 10.1 Å². The molecule has 1 rings (SSSR count). The standard InChI is InChI=1S/C11H14N2O4/c1-3-6-12-11(14)8-4-5-9(13(15)16)10(7-8)17-2/h4-5,7H,3,6H2,1-2H3,(H,12,14). The first kappa shape index (κ1) is 13.0. The molecule has 92 valence electrons. The van der Waals surface area contributed by atoms with Gasteiger partial charge >= 0.3 is 5.69 Å². The highest BCUT2D eigenvalue weighted by Crippen LogP contribution is 2.27. The second-order valence-electron chi connectivity index (χ2n) is 3.40. The third-order valence-electron chi connectivity index (χ3n) is 2.17. The van der Waals surface area contributed by atoms with Crippen LogP contribution in [0.25, 0.3) is 0 Å². The Hall–Kier alpha value is -2.11. The number of ether oxygens (including phenoxy) is 1. The maximum Gasteiger partial charge on any atom is 0.310 e. The average Bonchev–Trinajstić information content (AvgIpc) is 2.34. The van der Waals surface area contributed by atoms with Crippen LogP contribution in [-0.2, 0) is 0 Å². The molecule has 1 amide bonds. The first-order valence-corrected chi connectivity index (χ1v) is 5.20. The summed E-state index contributed by atoms with van der Waals surface area (Å²) in [6.45, 7) is 2.51. The lowest BCUT2D eigenvalue weighted by Crippen LogP contribution is -2.23. The number of nitrogens with one attached hydrogen (secondary N) is 1. The van der Waals surface area contributed by atoms with E-state index in [0.29, 0.717) is 12.1 Å². The lowest BCUT2D eigenvalue weighted by Gasteiger charge is -2.06. The molecule has 0 bridgehead atoms. The van der Waals surface area contributed by atoms with E-state index < -0.39 is 4.92 Å². The normalized spacial score (nSPS) is 9.76. The van der Waals surface area contributed by atoms with E-state index in [0.717, 1.165) is 6.42 Å². The minimum Gasteiger partial charge on any atom is -0.490 e. The van der Waals surface area contributed by atoms with Gasteiger partial charge in [-0.3, -0.25) is 14.9 Å². The van der Waals surface area contributed by atoms with E-state index in [1.54, 1.807) is 0 Å². The first-order chi connectivity index (χ1) is 8.10. The molecule has 1 N–H and O–H groups in total. The fourth-order valence-electron chi connectivity index (χ4n) is 1.31. The van der Waals surface area contributed by atoms with Crippen LogP contribution in [0, 0.1) is 10.1 Å². The van der Waals surface area contributed by atoms with E-state index in [1.807, 2.05) is 6.92 Å². The van der Waals surface area contributed by atoms with Crippen LogP contribution in [0.4, 0.5) is 5.69 Å². The Bertz CT molecular complexity index is 431. The van der Waals surface area contributed by atoms with Gasteiger partial charge in [0.05, 0.1) is 12.0 Å². The number of rotatable bonds is 5. The Morgan fingerprint density at radius 1 is 1.53 bits per heavy atom. The molecule has 0 radical (unpaired) electrons. The summed E-state index contributed by atoms with van der Waals surface area (Å²) >= 11 is 0. The highest BCUT2D eigenvalue weighted by Gasteiger charge is 2.16. The number of nitro groups is 1. The lowest BCUT2D eigenvalue weighted by molar-refractivity contribution is -0.385. The second-order valence-corrected chi connectivity index (χ2v) is 3.40. The van der Waals surface area contributed by atoms with Crippen molar-refractivity contribution in [1.82, 2.24) is 5.32 Å². The highest BCUT2D eigenvalue weighted by molar-refractivity contribution is 5.95. The predicted octanol–water partition coefficient (Wildman–Crippen LogP) is 1.74. The Labute approximate surface area is 98.7 Å². The van der Waals surface area contributed by atoms with Crippen molar-refractivity contribution in [2.45, 2.75) is 13.3 Å². The zero-order chi connectivity index (χ0) is 12.8. The van der Waals surface area contributed by atoms with E-state index in [-0.39, 0.29) is 17.3 Å². The van der Waals surface area contributed by atoms with Gasteiger partial charge in [0.1, 0.15) is 0 Å². The van der Waals surface area contributed by atoms with E-state index in [2.05, 4.69) is 5.32 Å². The van der Waals surface area contributed by atoms with Gasteiger partial charge in [0.2, 0.25) is 0 Å². The van der Waals surface area contributed by atoms with Crippen molar-refractivity contribution in [1.29, 1.82) is 0 Å². The number of amides is 1. The molecule has 0 aliphatic heterocycles. The number of benzene rings is 1. The molecule has 0 aliphatic carbocycles. The summed E-state index contributed by atoms with van der Waals surface area (Å²) in [5.74, 6) is -0.181. The van der Waals surface area contributed by atoms with Gasteiger partial charge in [0, 0.05) is 24.2 Å². The van der Waals surface area contributed by atoms with Gasteiger partial charge in [0.15, 0.2) is 5.75 Å². The van der Waals surface area contributed by atoms with Crippen molar-refractivity contribution < 1.29 is 14.5 Å². The van der Waals surface area contributed by atoms with Crippen molar-refractivity contribution >= 4 is 11.6 Å². The Kier molecular flexibility index (Phi) is 4.45. The quantitative estimate of drug-likeness (QED) is 0.625. The van der Waals surface area contributed by atoms with Crippen LogP contribution in [0.1, 0.15) is 23.7 Å².